The van der Waals surface area contributed by atoms with Crippen molar-refractivity contribution in [2.24, 2.45) is 11.7 Å². The fourth-order valence-corrected chi connectivity index (χ4v) is 2.37. The molecule has 1 aliphatic heterocycles. The molecule has 1 rings (SSSR count). The minimum atomic E-state index is -0.671. The van der Waals surface area contributed by atoms with Gasteiger partial charge in [-0.2, -0.15) is 0 Å². The first-order valence-corrected chi connectivity index (χ1v) is 6.81. The number of amides is 1. The van der Waals surface area contributed by atoms with Crippen LogP contribution in [0.3, 0.4) is 0 Å². The molecule has 5 heteroatoms. The highest BCUT2D eigenvalue weighted by atomic mass is 16.3. The van der Waals surface area contributed by atoms with E-state index in [0.717, 1.165) is 32.6 Å². The average molecular weight is 257 g/mol. The Morgan fingerprint density at radius 3 is 2.28 bits per heavy atom. The van der Waals surface area contributed by atoms with E-state index in [4.69, 9.17) is 5.73 Å². The zero-order chi connectivity index (χ0) is 13.8. The standard InChI is InChI=1S/C13H27N3O2/c1-4-11(9-14)12(17)16-7-5-15(6-8-16)10-13(2,3)18/h11,18H,4-10,14H2,1-3H3. The molecule has 0 saturated carbocycles. The van der Waals surface area contributed by atoms with E-state index in [1.54, 1.807) is 0 Å². The summed E-state index contributed by atoms with van der Waals surface area (Å²) in [5, 5.41) is 9.77. The Hall–Kier alpha value is -0.650. The molecule has 18 heavy (non-hydrogen) atoms. The van der Waals surface area contributed by atoms with Crippen molar-refractivity contribution < 1.29 is 9.90 Å². The summed E-state index contributed by atoms with van der Waals surface area (Å²) in [5.41, 5.74) is 4.94. The molecule has 0 aromatic heterocycles. The van der Waals surface area contributed by atoms with Gasteiger partial charge in [0, 0.05) is 39.3 Å². The number of piperazine rings is 1. The highest BCUT2D eigenvalue weighted by Crippen LogP contribution is 2.12. The topological polar surface area (TPSA) is 69.8 Å². The lowest BCUT2D eigenvalue weighted by Gasteiger charge is -2.38. The fourth-order valence-electron chi connectivity index (χ4n) is 2.37. The molecule has 0 spiro atoms. The van der Waals surface area contributed by atoms with Crippen LogP contribution in [0.1, 0.15) is 27.2 Å². The molecular weight excluding hydrogens is 230 g/mol. The van der Waals surface area contributed by atoms with Crippen molar-refractivity contribution in [3.8, 4) is 0 Å². The molecule has 1 fully saturated rings. The number of rotatable bonds is 5. The van der Waals surface area contributed by atoms with Crippen LogP contribution in [-0.4, -0.2) is 65.7 Å². The number of carbonyl (C=O) groups is 1. The number of hydrogen-bond acceptors (Lipinski definition) is 4. The molecule has 1 unspecified atom stereocenters. The van der Waals surface area contributed by atoms with Gasteiger partial charge in [0.05, 0.1) is 11.5 Å². The third-order valence-corrected chi connectivity index (χ3v) is 3.42. The van der Waals surface area contributed by atoms with Crippen molar-refractivity contribution in [1.29, 1.82) is 0 Å². The molecule has 106 valence electrons. The highest BCUT2D eigenvalue weighted by molar-refractivity contribution is 5.79. The van der Waals surface area contributed by atoms with Gasteiger partial charge in [-0.25, -0.2) is 0 Å². The van der Waals surface area contributed by atoms with Crippen LogP contribution in [0.25, 0.3) is 0 Å². The fraction of sp³-hybridized carbons (Fsp3) is 0.923. The van der Waals surface area contributed by atoms with E-state index in [0.29, 0.717) is 13.1 Å². The summed E-state index contributed by atoms with van der Waals surface area (Å²) in [6.07, 6.45) is 0.805. The van der Waals surface area contributed by atoms with Gasteiger partial charge >= 0.3 is 0 Å². The minimum absolute atomic E-state index is 0.0363. The van der Waals surface area contributed by atoms with Crippen molar-refractivity contribution in [2.45, 2.75) is 32.8 Å². The molecule has 1 atom stereocenters. The number of nitrogens with zero attached hydrogens (tertiary/aromatic N) is 2. The Balaban J connectivity index is 2.41. The number of nitrogens with two attached hydrogens (primary N) is 1. The average Bonchev–Trinajstić information content (AvgIpc) is 2.29. The van der Waals surface area contributed by atoms with Crippen molar-refractivity contribution in [1.82, 2.24) is 9.80 Å². The van der Waals surface area contributed by atoms with Gasteiger partial charge in [0.2, 0.25) is 5.91 Å². The summed E-state index contributed by atoms with van der Waals surface area (Å²) in [6, 6.07) is 0. The normalized spacial score (nSPS) is 19.9. The quantitative estimate of drug-likeness (QED) is 0.721. The third-order valence-electron chi connectivity index (χ3n) is 3.42. The number of hydrogen-bond donors (Lipinski definition) is 2. The van der Waals surface area contributed by atoms with Crippen molar-refractivity contribution in [3.05, 3.63) is 0 Å². The van der Waals surface area contributed by atoms with Crippen LogP contribution in [0.5, 0.6) is 0 Å². The maximum absolute atomic E-state index is 12.1. The van der Waals surface area contributed by atoms with E-state index in [-0.39, 0.29) is 11.8 Å². The first-order valence-electron chi connectivity index (χ1n) is 6.81. The number of carbonyl (C=O) groups excluding carboxylic acids is 1. The lowest BCUT2D eigenvalue weighted by Crippen LogP contribution is -2.53. The van der Waals surface area contributed by atoms with Gasteiger partial charge in [0.1, 0.15) is 0 Å². The lowest BCUT2D eigenvalue weighted by molar-refractivity contribution is -0.137. The number of β-amino-alcohol motifs (C(OH)–C–C–N with tert-alkyl or cyclic N) is 1. The molecule has 0 bridgehead atoms. The van der Waals surface area contributed by atoms with Gasteiger partial charge in [-0.15, -0.1) is 0 Å². The first-order chi connectivity index (χ1) is 8.37. The molecule has 0 aliphatic carbocycles. The Morgan fingerprint density at radius 1 is 1.33 bits per heavy atom. The predicted molar refractivity (Wildman–Crippen MR) is 72.2 cm³/mol. The molecule has 0 aromatic rings. The SMILES string of the molecule is CCC(CN)C(=O)N1CCN(CC(C)(C)O)CC1. The van der Waals surface area contributed by atoms with Crippen molar-refractivity contribution >= 4 is 5.91 Å². The van der Waals surface area contributed by atoms with Crippen molar-refractivity contribution in [2.75, 3.05) is 39.3 Å². The van der Waals surface area contributed by atoms with E-state index < -0.39 is 5.60 Å². The van der Waals surface area contributed by atoms with E-state index in [1.165, 1.54) is 0 Å². The molecule has 1 heterocycles. The second-order valence-electron chi connectivity index (χ2n) is 5.75. The Labute approximate surface area is 110 Å². The second kappa shape index (κ2) is 6.50. The maximum Gasteiger partial charge on any atom is 0.227 e. The van der Waals surface area contributed by atoms with Gasteiger partial charge in [-0.05, 0) is 20.3 Å². The molecule has 3 N–H and O–H groups in total. The van der Waals surface area contributed by atoms with Crippen LogP contribution in [0.15, 0.2) is 0 Å². The largest absolute Gasteiger partial charge is 0.389 e. The summed E-state index contributed by atoms with van der Waals surface area (Å²) in [7, 11) is 0. The molecule has 1 aliphatic rings. The summed E-state index contributed by atoms with van der Waals surface area (Å²) >= 11 is 0. The second-order valence-corrected chi connectivity index (χ2v) is 5.75. The van der Waals surface area contributed by atoms with E-state index in [2.05, 4.69) is 4.90 Å². The minimum Gasteiger partial charge on any atom is -0.389 e. The van der Waals surface area contributed by atoms with Gasteiger partial charge in [0.25, 0.3) is 0 Å². The summed E-state index contributed by atoms with van der Waals surface area (Å²) < 4.78 is 0. The molecule has 1 amide bonds. The zero-order valence-corrected chi connectivity index (χ0v) is 11.9. The van der Waals surface area contributed by atoms with Gasteiger partial charge in [0.15, 0.2) is 0 Å². The molecule has 0 radical (unpaired) electrons. The van der Waals surface area contributed by atoms with Gasteiger partial charge < -0.3 is 15.7 Å². The molecule has 0 aromatic carbocycles. The first kappa shape index (κ1) is 15.4. The predicted octanol–water partition coefficient (Wildman–Crippen LogP) is -0.114. The van der Waals surface area contributed by atoms with Crippen LogP contribution < -0.4 is 5.73 Å². The van der Waals surface area contributed by atoms with Crippen LogP contribution in [0.2, 0.25) is 0 Å². The summed E-state index contributed by atoms with van der Waals surface area (Å²) in [4.78, 5) is 16.2. The van der Waals surface area contributed by atoms with Gasteiger partial charge in [-0.1, -0.05) is 6.92 Å². The van der Waals surface area contributed by atoms with E-state index in [9.17, 15) is 9.90 Å². The summed E-state index contributed by atoms with van der Waals surface area (Å²) in [5.74, 6) is 0.147. The maximum atomic E-state index is 12.1. The van der Waals surface area contributed by atoms with E-state index >= 15 is 0 Å². The van der Waals surface area contributed by atoms with Crippen LogP contribution in [0, 0.1) is 5.92 Å². The zero-order valence-electron chi connectivity index (χ0n) is 11.9. The van der Waals surface area contributed by atoms with Crippen LogP contribution in [0.4, 0.5) is 0 Å². The van der Waals surface area contributed by atoms with Crippen LogP contribution >= 0.6 is 0 Å². The summed E-state index contributed by atoms with van der Waals surface area (Å²) in [6.45, 7) is 9.85. The Bertz CT molecular complexity index is 264. The lowest BCUT2D eigenvalue weighted by atomic mass is 10.0. The Morgan fingerprint density at radius 2 is 1.89 bits per heavy atom. The molecule has 1 saturated heterocycles. The van der Waals surface area contributed by atoms with Crippen LogP contribution in [-0.2, 0) is 4.79 Å². The molecule has 5 nitrogen and oxygen atoms in total. The highest BCUT2D eigenvalue weighted by Gasteiger charge is 2.27. The smallest absolute Gasteiger partial charge is 0.227 e. The number of aliphatic hydroxyl groups is 1. The van der Waals surface area contributed by atoms with E-state index in [1.807, 2.05) is 25.7 Å². The van der Waals surface area contributed by atoms with Crippen molar-refractivity contribution in [3.63, 3.8) is 0 Å². The molecular formula is C13H27N3O2. The Kier molecular flexibility index (Phi) is 5.56. The third kappa shape index (κ3) is 4.55. The monoisotopic (exact) mass is 257 g/mol. The van der Waals surface area contributed by atoms with Gasteiger partial charge in [-0.3, -0.25) is 9.69 Å².